The Morgan fingerprint density at radius 2 is 1.88 bits per heavy atom. The first-order chi connectivity index (χ1) is 8.27. The summed E-state index contributed by atoms with van der Waals surface area (Å²) in [5.74, 6) is 0. The molecule has 0 radical (unpaired) electrons. The lowest BCUT2D eigenvalue weighted by molar-refractivity contribution is 0.274. The molecule has 0 saturated heterocycles. The van der Waals surface area contributed by atoms with Crippen molar-refractivity contribution in [3.63, 3.8) is 0 Å². The van der Waals surface area contributed by atoms with Gasteiger partial charge in [0.1, 0.15) is 0 Å². The Hall–Kier alpha value is -0.380. The van der Waals surface area contributed by atoms with Crippen LogP contribution in [-0.2, 0) is 6.54 Å². The highest BCUT2D eigenvalue weighted by molar-refractivity contribution is 7.10. The van der Waals surface area contributed by atoms with Gasteiger partial charge in [0.2, 0.25) is 0 Å². The zero-order valence-electron chi connectivity index (χ0n) is 11.5. The predicted octanol–water partition coefficient (Wildman–Crippen LogP) is 3.27. The number of rotatable bonds is 9. The Bertz CT molecular complexity index is 290. The number of thiophene rings is 1. The van der Waals surface area contributed by atoms with Crippen LogP contribution in [0.4, 0.5) is 0 Å². The number of nitrogens with one attached hydrogen (secondary N) is 1. The van der Waals surface area contributed by atoms with Crippen LogP contribution in [0, 0.1) is 6.92 Å². The second kappa shape index (κ2) is 8.67. The third-order valence-electron chi connectivity index (χ3n) is 2.94. The van der Waals surface area contributed by atoms with E-state index in [-0.39, 0.29) is 0 Å². The summed E-state index contributed by atoms with van der Waals surface area (Å²) >= 11 is 1.85. The van der Waals surface area contributed by atoms with Crippen LogP contribution in [0.3, 0.4) is 0 Å². The minimum absolute atomic E-state index is 1.02. The molecule has 1 aromatic rings. The van der Waals surface area contributed by atoms with Crippen LogP contribution in [0.25, 0.3) is 0 Å². The van der Waals surface area contributed by atoms with E-state index in [0.29, 0.717) is 0 Å². The summed E-state index contributed by atoms with van der Waals surface area (Å²) in [6.45, 7) is 12.4. The van der Waals surface area contributed by atoms with Crippen LogP contribution in [0.15, 0.2) is 11.4 Å². The van der Waals surface area contributed by atoms with E-state index in [1.165, 1.54) is 42.9 Å². The Labute approximate surface area is 110 Å². The molecular weight excluding hydrogens is 228 g/mol. The van der Waals surface area contributed by atoms with E-state index in [2.05, 4.69) is 42.4 Å². The highest BCUT2D eigenvalue weighted by atomic mass is 32.1. The van der Waals surface area contributed by atoms with Gasteiger partial charge in [-0.15, -0.1) is 11.3 Å². The summed E-state index contributed by atoms with van der Waals surface area (Å²) in [6.07, 6.45) is 2.51. The second-order valence-electron chi connectivity index (χ2n) is 4.55. The molecule has 0 aromatic carbocycles. The predicted molar refractivity (Wildman–Crippen MR) is 77.8 cm³/mol. The normalized spacial score (nSPS) is 11.3. The van der Waals surface area contributed by atoms with Crippen LogP contribution < -0.4 is 5.32 Å². The van der Waals surface area contributed by atoms with Crippen molar-refractivity contribution in [3.05, 3.63) is 21.9 Å². The fourth-order valence-corrected chi connectivity index (χ4v) is 2.87. The van der Waals surface area contributed by atoms with E-state index in [4.69, 9.17) is 0 Å². The van der Waals surface area contributed by atoms with E-state index in [1.54, 1.807) is 0 Å². The first-order valence-electron chi connectivity index (χ1n) is 6.74. The SMILES string of the molecule is CCCN(CCC)CCNCc1sccc1C. The quantitative estimate of drug-likeness (QED) is 0.680. The molecule has 0 atom stereocenters. The molecule has 0 unspecified atom stereocenters. The van der Waals surface area contributed by atoms with E-state index < -0.39 is 0 Å². The molecule has 0 aliphatic heterocycles. The van der Waals surface area contributed by atoms with Gasteiger partial charge < -0.3 is 10.2 Å². The molecule has 0 amide bonds. The van der Waals surface area contributed by atoms with Gasteiger partial charge in [0.25, 0.3) is 0 Å². The number of hydrogen-bond acceptors (Lipinski definition) is 3. The molecule has 2 nitrogen and oxygen atoms in total. The maximum Gasteiger partial charge on any atom is 0.0302 e. The molecule has 0 bridgehead atoms. The van der Waals surface area contributed by atoms with Gasteiger partial charge in [0.05, 0.1) is 0 Å². The van der Waals surface area contributed by atoms with Gasteiger partial charge in [-0.05, 0) is 49.9 Å². The zero-order valence-corrected chi connectivity index (χ0v) is 12.3. The smallest absolute Gasteiger partial charge is 0.0302 e. The minimum Gasteiger partial charge on any atom is -0.311 e. The number of hydrogen-bond donors (Lipinski definition) is 1. The summed E-state index contributed by atoms with van der Waals surface area (Å²) in [6, 6.07) is 2.20. The van der Waals surface area contributed by atoms with Crippen molar-refractivity contribution in [1.29, 1.82) is 0 Å². The van der Waals surface area contributed by atoms with Gasteiger partial charge in [0.15, 0.2) is 0 Å². The fraction of sp³-hybridized carbons (Fsp3) is 0.714. The van der Waals surface area contributed by atoms with E-state index >= 15 is 0 Å². The summed E-state index contributed by atoms with van der Waals surface area (Å²) in [7, 11) is 0. The largest absolute Gasteiger partial charge is 0.311 e. The minimum atomic E-state index is 1.02. The monoisotopic (exact) mass is 254 g/mol. The standard InChI is InChI=1S/C14H26N2S/c1-4-8-16(9-5-2)10-7-15-12-14-13(3)6-11-17-14/h6,11,15H,4-5,7-10,12H2,1-3H3. The van der Waals surface area contributed by atoms with E-state index in [0.717, 1.165) is 13.1 Å². The molecule has 0 aliphatic rings. The van der Waals surface area contributed by atoms with Crippen LogP contribution in [0.2, 0.25) is 0 Å². The molecule has 0 spiro atoms. The Morgan fingerprint density at radius 3 is 2.41 bits per heavy atom. The van der Waals surface area contributed by atoms with Gasteiger partial charge in [-0.25, -0.2) is 0 Å². The molecule has 0 fully saturated rings. The average Bonchev–Trinajstić information content (AvgIpc) is 2.71. The molecule has 1 aromatic heterocycles. The lowest BCUT2D eigenvalue weighted by atomic mass is 10.3. The number of aryl methyl sites for hydroxylation is 1. The van der Waals surface area contributed by atoms with Crippen LogP contribution in [0.1, 0.15) is 37.1 Å². The van der Waals surface area contributed by atoms with Crippen molar-refractivity contribution < 1.29 is 0 Å². The highest BCUT2D eigenvalue weighted by Gasteiger charge is 2.02. The van der Waals surface area contributed by atoms with Crippen LogP contribution in [-0.4, -0.2) is 31.1 Å². The Kier molecular flexibility index (Phi) is 7.49. The third kappa shape index (κ3) is 5.66. The Balaban J connectivity index is 2.15. The summed E-state index contributed by atoms with van der Waals surface area (Å²) in [5, 5.41) is 5.72. The molecule has 1 heterocycles. The lowest BCUT2D eigenvalue weighted by Crippen LogP contribution is -2.33. The van der Waals surface area contributed by atoms with E-state index in [9.17, 15) is 0 Å². The van der Waals surface area contributed by atoms with Gasteiger partial charge in [0, 0.05) is 24.5 Å². The molecular formula is C14H26N2S. The first-order valence-corrected chi connectivity index (χ1v) is 7.62. The van der Waals surface area contributed by atoms with Gasteiger partial charge >= 0.3 is 0 Å². The molecule has 1 N–H and O–H groups in total. The summed E-state index contributed by atoms with van der Waals surface area (Å²) in [4.78, 5) is 4.02. The topological polar surface area (TPSA) is 15.3 Å². The van der Waals surface area contributed by atoms with Crippen molar-refractivity contribution in [2.24, 2.45) is 0 Å². The van der Waals surface area contributed by atoms with E-state index in [1.807, 2.05) is 11.3 Å². The van der Waals surface area contributed by atoms with Gasteiger partial charge in [-0.3, -0.25) is 0 Å². The molecule has 17 heavy (non-hydrogen) atoms. The Morgan fingerprint density at radius 1 is 1.18 bits per heavy atom. The lowest BCUT2D eigenvalue weighted by Gasteiger charge is -2.20. The molecule has 3 heteroatoms. The van der Waals surface area contributed by atoms with Crippen LogP contribution in [0.5, 0.6) is 0 Å². The maximum atomic E-state index is 3.54. The molecule has 98 valence electrons. The van der Waals surface area contributed by atoms with Crippen LogP contribution >= 0.6 is 11.3 Å². The molecule has 0 aliphatic carbocycles. The highest BCUT2D eigenvalue weighted by Crippen LogP contribution is 2.14. The third-order valence-corrected chi connectivity index (χ3v) is 3.96. The zero-order chi connectivity index (χ0) is 12.5. The second-order valence-corrected chi connectivity index (χ2v) is 5.55. The average molecular weight is 254 g/mol. The number of nitrogens with zero attached hydrogens (tertiary/aromatic N) is 1. The van der Waals surface area contributed by atoms with Crippen molar-refractivity contribution in [2.45, 2.75) is 40.2 Å². The van der Waals surface area contributed by atoms with Crippen molar-refractivity contribution >= 4 is 11.3 Å². The fourth-order valence-electron chi connectivity index (χ4n) is 1.99. The summed E-state index contributed by atoms with van der Waals surface area (Å²) in [5.41, 5.74) is 1.42. The van der Waals surface area contributed by atoms with Gasteiger partial charge in [-0.1, -0.05) is 13.8 Å². The first kappa shape index (κ1) is 14.7. The summed E-state index contributed by atoms with van der Waals surface area (Å²) < 4.78 is 0. The molecule has 1 rings (SSSR count). The maximum absolute atomic E-state index is 3.54. The molecule has 0 saturated carbocycles. The van der Waals surface area contributed by atoms with Crippen molar-refractivity contribution in [2.75, 3.05) is 26.2 Å². The van der Waals surface area contributed by atoms with Crippen molar-refractivity contribution in [1.82, 2.24) is 10.2 Å². The van der Waals surface area contributed by atoms with Crippen molar-refractivity contribution in [3.8, 4) is 0 Å². The van der Waals surface area contributed by atoms with Gasteiger partial charge in [-0.2, -0.15) is 0 Å².